The number of benzene rings is 2. The predicted molar refractivity (Wildman–Crippen MR) is 80.3 cm³/mol. The van der Waals surface area contributed by atoms with E-state index in [9.17, 15) is 0 Å². The van der Waals surface area contributed by atoms with Gasteiger partial charge in [0.2, 0.25) is 0 Å². The third kappa shape index (κ3) is 3.73. The van der Waals surface area contributed by atoms with E-state index in [1.807, 2.05) is 55.5 Å². The lowest BCUT2D eigenvalue weighted by Crippen LogP contribution is -2.00. The number of nitrogens with zero attached hydrogens (tertiary/aromatic N) is 1. The van der Waals surface area contributed by atoms with Crippen molar-refractivity contribution in [2.45, 2.75) is 6.92 Å². The van der Waals surface area contributed by atoms with Gasteiger partial charge in [0.1, 0.15) is 5.75 Å². The van der Waals surface area contributed by atoms with Crippen molar-refractivity contribution >= 4 is 23.0 Å². The summed E-state index contributed by atoms with van der Waals surface area (Å²) in [4.78, 5) is 0. The Bertz CT molecular complexity index is 579. The molecule has 19 heavy (non-hydrogen) atoms. The summed E-state index contributed by atoms with van der Waals surface area (Å²) < 4.78 is 5.19. The molecule has 0 saturated carbocycles. The largest absolute Gasteiger partial charge is 0.497 e. The van der Waals surface area contributed by atoms with E-state index in [0.717, 1.165) is 22.7 Å². The van der Waals surface area contributed by atoms with E-state index >= 15 is 0 Å². The van der Waals surface area contributed by atoms with Crippen LogP contribution in [0.15, 0.2) is 53.6 Å². The molecule has 0 radical (unpaired) electrons. The van der Waals surface area contributed by atoms with Crippen LogP contribution in [0.2, 0.25) is 5.02 Å². The Balaban J connectivity index is 2.11. The minimum Gasteiger partial charge on any atom is -0.497 e. The molecule has 0 fully saturated rings. The van der Waals surface area contributed by atoms with E-state index < -0.39 is 0 Å². The third-order valence-corrected chi connectivity index (χ3v) is 2.94. The van der Waals surface area contributed by atoms with Gasteiger partial charge in [-0.25, -0.2) is 0 Å². The molecule has 1 N–H and O–H groups in total. The molecule has 0 aromatic heterocycles. The smallest absolute Gasteiger partial charge is 0.119 e. The van der Waals surface area contributed by atoms with Gasteiger partial charge in [0.05, 0.1) is 18.5 Å². The Morgan fingerprint density at radius 1 is 1.16 bits per heavy atom. The van der Waals surface area contributed by atoms with Crippen LogP contribution < -0.4 is 10.2 Å². The number of nitrogens with one attached hydrogen (secondary N) is 1. The zero-order valence-corrected chi connectivity index (χ0v) is 11.6. The first kappa shape index (κ1) is 13.4. The van der Waals surface area contributed by atoms with Gasteiger partial charge < -0.3 is 4.74 Å². The fourth-order valence-electron chi connectivity index (χ4n) is 1.59. The van der Waals surface area contributed by atoms with Crippen LogP contribution in [0.5, 0.6) is 5.75 Å². The maximum atomic E-state index is 5.83. The normalized spacial score (nSPS) is 11.2. The molecule has 0 amide bonds. The summed E-state index contributed by atoms with van der Waals surface area (Å²) in [5.74, 6) is 0.818. The van der Waals surface area contributed by atoms with E-state index in [2.05, 4.69) is 10.5 Å². The van der Waals surface area contributed by atoms with Crippen LogP contribution in [0.1, 0.15) is 12.5 Å². The molecule has 0 aliphatic rings. The second kappa shape index (κ2) is 6.25. The highest BCUT2D eigenvalue weighted by atomic mass is 35.5. The monoisotopic (exact) mass is 274 g/mol. The lowest BCUT2D eigenvalue weighted by atomic mass is 10.1. The van der Waals surface area contributed by atoms with Gasteiger partial charge in [0.15, 0.2) is 0 Å². The van der Waals surface area contributed by atoms with Crippen LogP contribution in [0.25, 0.3) is 0 Å². The van der Waals surface area contributed by atoms with Crippen LogP contribution in [0, 0.1) is 0 Å². The summed E-state index contributed by atoms with van der Waals surface area (Å²) in [5, 5.41) is 5.05. The summed E-state index contributed by atoms with van der Waals surface area (Å²) >= 11 is 5.83. The number of hydrogen-bond acceptors (Lipinski definition) is 3. The Morgan fingerprint density at radius 2 is 1.89 bits per heavy atom. The molecule has 3 nitrogen and oxygen atoms in total. The summed E-state index contributed by atoms with van der Waals surface area (Å²) in [7, 11) is 1.65. The molecule has 0 aliphatic heterocycles. The molecular weight excluding hydrogens is 260 g/mol. The number of rotatable bonds is 4. The lowest BCUT2D eigenvalue weighted by Gasteiger charge is -2.05. The fourth-order valence-corrected chi connectivity index (χ4v) is 1.71. The van der Waals surface area contributed by atoms with Gasteiger partial charge >= 0.3 is 0 Å². The maximum Gasteiger partial charge on any atom is 0.119 e. The SMILES string of the molecule is COc1cccc(/C(C)=N\Nc2ccc(Cl)cc2)c1. The first-order valence-corrected chi connectivity index (χ1v) is 6.27. The Kier molecular flexibility index (Phi) is 4.42. The zero-order valence-electron chi connectivity index (χ0n) is 10.9. The molecule has 0 spiro atoms. The number of halogens is 1. The number of hydrazone groups is 1. The van der Waals surface area contributed by atoms with E-state index in [1.165, 1.54) is 0 Å². The first-order valence-electron chi connectivity index (χ1n) is 5.89. The Labute approximate surface area is 117 Å². The van der Waals surface area contributed by atoms with E-state index in [-0.39, 0.29) is 0 Å². The van der Waals surface area contributed by atoms with Crippen molar-refractivity contribution in [1.82, 2.24) is 0 Å². The number of anilines is 1. The molecule has 0 heterocycles. The zero-order chi connectivity index (χ0) is 13.7. The van der Waals surface area contributed by atoms with Crippen molar-refractivity contribution in [2.24, 2.45) is 5.10 Å². The van der Waals surface area contributed by atoms with Crippen molar-refractivity contribution in [3.05, 3.63) is 59.1 Å². The van der Waals surface area contributed by atoms with Crippen LogP contribution in [-0.2, 0) is 0 Å². The summed E-state index contributed by atoms with van der Waals surface area (Å²) in [6.45, 7) is 1.94. The highest BCUT2D eigenvalue weighted by Crippen LogP contribution is 2.15. The number of hydrogen-bond donors (Lipinski definition) is 1. The second-order valence-corrected chi connectivity index (χ2v) is 4.48. The molecule has 0 aliphatic carbocycles. The van der Waals surface area contributed by atoms with Gasteiger partial charge in [-0.1, -0.05) is 23.7 Å². The van der Waals surface area contributed by atoms with Gasteiger partial charge in [-0.15, -0.1) is 0 Å². The van der Waals surface area contributed by atoms with Gasteiger partial charge in [0.25, 0.3) is 0 Å². The van der Waals surface area contributed by atoms with Crippen molar-refractivity contribution in [2.75, 3.05) is 12.5 Å². The molecule has 98 valence electrons. The summed E-state index contributed by atoms with van der Waals surface area (Å²) in [5.41, 5.74) is 5.79. The van der Waals surface area contributed by atoms with Gasteiger partial charge in [-0.3, -0.25) is 5.43 Å². The van der Waals surface area contributed by atoms with Crippen molar-refractivity contribution in [3.8, 4) is 5.75 Å². The quantitative estimate of drug-likeness (QED) is 0.670. The third-order valence-electron chi connectivity index (χ3n) is 2.68. The molecule has 2 rings (SSSR count). The fraction of sp³-hybridized carbons (Fsp3) is 0.133. The predicted octanol–water partition coefficient (Wildman–Crippen LogP) is 4.18. The highest BCUT2D eigenvalue weighted by molar-refractivity contribution is 6.30. The van der Waals surface area contributed by atoms with E-state index in [1.54, 1.807) is 7.11 Å². The van der Waals surface area contributed by atoms with Crippen LogP contribution >= 0.6 is 11.6 Å². The minimum absolute atomic E-state index is 0.707. The molecule has 0 saturated heterocycles. The Morgan fingerprint density at radius 3 is 2.58 bits per heavy atom. The van der Waals surface area contributed by atoms with Gasteiger partial charge in [0, 0.05) is 10.6 Å². The molecule has 2 aromatic carbocycles. The van der Waals surface area contributed by atoms with Gasteiger partial charge in [-0.05, 0) is 43.3 Å². The van der Waals surface area contributed by atoms with Crippen LogP contribution in [0.3, 0.4) is 0 Å². The molecule has 0 atom stereocenters. The standard InChI is InChI=1S/C15H15ClN2O/c1-11(12-4-3-5-15(10-12)19-2)17-18-14-8-6-13(16)7-9-14/h3-10,18H,1-2H3/b17-11-. The van der Waals surface area contributed by atoms with Crippen molar-refractivity contribution < 1.29 is 4.74 Å². The highest BCUT2D eigenvalue weighted by Gasteiger charge is 1.99. The van der Waals surface area contributed by atoms with Gasteiger partial charge in [-0.2, -0.15) is 5.10 Å². The minimum atomic E-state index is 0.707. The average molecular weight is 275 g/mol. The maximum absolute atomic E-state index is 5.83. The molecule has 2 aromatic rings. The molecule has 0 unspecified atom stereocenters. The Hall–Kier alpha value is -2.00. The summed E-state index contributed by atoms with van der Waals surface area (Å²) in [6, 6.07) is 15.2. The molecule has 0 bridgehead atoms. The lowest BCUT2D eigenvalue weighted by molar-refractivity contribution is 0.414. The average Bonchev–Trinajstić information content (AvgIpc) is 2.46. The first-order chi connectivity index (χ1) is 9.19. The van der Waals surface area contributed by atoms with E-state index in [0.29, 0.717) is 5.02 Å². The van der Waals surface area contributed by atoms with Crippen molar-refractivity contribution in [1.29, 1.82) is 0 Å². The molecular formula is C15H15ClN2O. The van der Waals surface area contributed by atoms with Crippen LogP contribution in [-0.4, -0.2) is 12.8 Å². The van der Waals surface area contributed by atoms with Crippen molar-refractivity contribution in [3.63, 3.8) is 0 Å². The van der Waals surface area contributed by atoms with E-state index in [4.69, 9.17) is 16.3 Å². The topological polar surface area (TPSA) is 33.6 Å². The number of methoxy groups -OCH3 is 1. The molecule has 4 heteroatoms. The van der Waals surface area contributed by atoms with Crippen LogP contribution in [0.4, 0.5) is 5.69 Å². The second-order valence-electron chi connectivity index (χ2n) is 4.05. The summed E-state index contributed by atoms with van der Waals surface area (Å²) in [6.07, 6.45) is 0. The number of ether oxygens (including phenoxy) is 1.